The van der Waals surface area contributed by atoms with E-state index in [0.717, 1.165) is 17.7 Å². The quantitative estimate of drug-likeness (QED) is 0.617. The third-order valence-corrected chi connectivity index (χ3v) is 6.75. The highest BCUT2D eigenvalue weighted by molar-refractivity contribution is 7.12. The van der Waals surface area contributed by atoms with E-state index in [1.165, 1.54) is 43.4 Å². The molecule has 1 heterocycles. The van der Waals surface area contributed by atoms with Crippen LogP contribution in [-0.2, 0) is 12.0 Å². The SMILES string of the molecule is CC(C)(C)c1c(O)csc1C(=O)c1cccc(CN(CCO)C2CCCCC2)c1. The molecule has 0 unspecified atom stereocenters. The second-order valence-corrected chi connectivity index (χ2v) is 9.97. The van der Waals surface area contributed by atoms with Gasteiger partial charge in [-0.05, 0) is 29.9 Å². The van der Waals surface area contributed by atoms with Crippen molar-refractivity contribution in [2.75, 3.05) is 13.2 Å². The maximum atomic E-state index is 13.2. The van der Waals surface area contributed by atoms with E-state index in [9.17, 15) is 15.0 Å². The van der Waals surface area contributed by atoms with Crippen molar-refractivity contribution in [3.63, 3.8) is 0 Å². The van der Waals surface area contributed by atoms with Crippen LogP contribution in [0.25, 0.3) is 0 Å². The largest absolute Gasteiger partial charge is 0.507 e. The lowest BCUT2D eigenvalue weighted by Gasteiger charge is -2.34. The van der Waals surface area contributed by atoms with Gasteiger partial charge in [0.05, 0.1) is 11.5 Å². The Bertz CT molecular complexity index is 831. The predicted molar refractivity (Wildman–Crippen MR) is 119 cm³/mol. The van der Waals surface area contributed by atoms with Crippen LogP contribution >= 0.6 is 11.3 Å². The fourth-order valence-electron chi connectivity index (χ4n) is 4.38. The summed E-state index contributed by atoms with van der Waals surface area (Å²) < 4.78 is 0. The summed E-state index contributed by atoms with van der Waals surface area (Å²) in [5.41, 5.74) is 2.17. The monoisotopic (exact) mass is 415 g/mol. The normalized spacial score (nSPS) is 15.8. The van der Waals surface area contributed by atoms with Crippen molar-refractivity contribution < 1.29 is 15.0 Å². The first-order valence-electron chi connectivity index (χ1n) is 10.6. The van der Waals surface area contributed by atoms with Crippen LogP contribution in [0.15, 0.2) is 29.6 Å². The van der Waals surface area contributed by atoms with Gasteiger partial charge < -0.3 is 10.2 Å². The van der Waals surface area contributed by atoms with E-state index in [1.54, 1.807) is 5.38 Å². The van der Waals surface area contributed by atoms with Crippen LogP contribution in [0.4, 0.5) is 0 Å². The maximum Gasteiger partial charge on any atom is 0.203 e. The Kier molecular flexibility index (Phi) is 7.14. The van der Waals surface area contributed by atoms with E-state index >= 15 is 0 Å². The number of thiophene rings is 1. The number of rotatable bonds is 7. The zero-order chi connectivity index (χ0) is 21.0. The summed E-state index contributed by atoms with van der Waals surface area (Å²) in [5, 5.41) is 21.5. The molecule has 0 radical (unpaired) electrons. The molecule has 0 spiro atoms. The Labute approximate surface area is 178 Å². The number of carbonyl (C=O) groups excluding carboxylic acids is 1. The first-order chi connectivity index (χ1) is 13.8. The van der Waals surface area contributed by atoms with Gasteiger partial charge in [0.2, 0.25) is 5.78 Å². The number of aromatic hydroxyl groups is 1. The summed E-state index contributed by atoms with van der Waals surface area (Å²) >= 11 is 1.31. The minimum Gasteiger partial charge on any atom is -0.507 e. The molecule has 0 atom stereocenters. The maximum absolute atomic E-state index is 13.2. The first kappa shape index (κ1) is 22.0. The van der Waals surface area contributed by atoms with E-state index in [1.807, 2.05) is 39.0 Å². The third-order valence-electron chi connectivity index (χ3n) is 5.78. The molecule has 1 aromatic heterocycles. The molecule has 2 aromatic rings. The number of hydrogen-bond acceptors (Lipinski definition) is 5. The Morgan fingerprint density at radius 1 is 1.21 bits per heavy atom. The van der Waals surface area contributed by atoms with Crippen molar-refractivity contribution in [1.82, 2.24) is 4.90 Å². The molecule has 5 heteroatoms. The number of benzene rings is 1. The van der Waals surface area contributed by atoms with E-state index < -0.39 is 0 Å². The average Bonchev–Trinajstić information content (AvgIpc) is 3.10. The second-order valence-electron chi connectivity index (χ2n) is 9.09. The number of hydrogen-bond donors (Lipinski definition) is 2. The standard InChI is InChI=1S/C24H33NO3S/c1-24(2,3)21-20(27)16-29-23(21)22(28)18-9-7-8-17(14-18)15-25(12-13-26)19-10-5-4-6-11-19/h7-9,14,16,19,26-27H,4-6,10-13,15H2,1-3H3. The Hall–Kier alpha value is -1.69. The Balaban J connectivity index is 1.83. The molecule has 1 fully saturated rings. The molecular formula is C24H33NO3S. The van der Waals surface area contributed by atoms with E-state index in [0.29, 0.717) is 23.0 Å². The summed E-state index contributed by atoms with van der Waals surface area (Å²) in [6.07, 6.45) is 6.17. The van der Waals surface area contributed by atoms with Gasteiger partial charge in [-0.3, -0.25) is 9.69 Å². The minimum absolute atomic E-state index is 0.0338. The summed E-state index contributed by atoms with van der Waals surface area (Å²) in [5.74, 6) is 0.168. The fraction of sp³-hybridized carbons (Fsp3) is 0.542. The highest BCUT2D eigenvalue weighted by Crippen LogP contribution is 2.39. The zero-order valence-electron chi connectivity index (χ0n) is 17.8. The van der Waals surface area contributed by atoms with Crippen LogP contribution in [0.3, 0.4) is 0 Å². The van der Waals surface area contributed by atoms with Crippen LogP contribution in [0, 0.1) is 0 Å². The van der Waals surface area contributed by atoms with Gasteiger partial charge in [0.25, 0.3) is 0 Å². The van der Waals surface area contributed by atoms with E-state index in [2.05, 4.69) is 11.0 Å². The molecule has 0 saturated heterocycles. The van der Waals surface area contributed by atoms with Gasteiger partial charge in [-0.25, -0.2) is 0 Å². The van der Waals surface area contributed by atoms with Crippen molar-refractivity contribution in [3.05, 3.63) is 51.2 Å². The zero-order valence-corrected chi connectivity index (χ0v) is 18.6. The topological polar surface area (TPSA) is 60.8 Å². The van der Waals surface area contributed by atoms with Gasteiger partial charge in [-0.15, -0.1) is 11.3 Å². The van der Waals surface area contributed by atoms with Gasteiger partial charge in [0.15, 0.2) is 0 Å². The lowest BCUT2D eigenvalue weighted by atomic mass is 9.85. The summed E-state index contributed by atoms with van der Waals surface area (Å²) in [7, 11) is 0. The Morgan fingerprint density at radius 3 is 2.59 bits per heavy atom. The molecule has 2 N–H and O–H groups in total. The molecule has 158 valence electrons. The van der Waals surface area contributed by atoms with Gasteiger partial charge in [-0.1, -0.05) is 58.2 Å². The van der Waals surface area contributed by atoms with Gasteiger partial charge in [-0.2, -0.15) is 0 Å². The predicted octanol–water partition coefficient (Wildman–Crippen LogP) is 5.11. The van der Waals surface area contributed by atoms with Crippen molar-refractivity contribution in [3.8, 4) is 5.75 Å². The number of aliphatic hydroxyl groups is 1. The van der Waals surface area contributed by atoms with Crippen molar-refractivity contribution >= 4 is 17.1 Å². The Morgan fingerprint density at radius 2 is 1.93 bits per heavy atom. The van der Waals surface area contributed by atoms with Crippen LogP contribution in [-0.4, -0.2) is 40.1 Å². The third kappa shape index (κ3) is 5.27. The molecule has 29 heavy (non-hydrogen) atoms. The van der Waals surface area contributed by atoms with Crippen molar-refractivity contribution in [1.29, 1.82) is 0 Å². The van der Waals surface area contributed by atoms with Crippen LogP contribution in [0.2, 0.25) is 0 Å². The summed E-state index contributed by atoms with van der Waals surface area (Å²) in [6.45, 7) is 7.60. The second kappa shape index (κ2) is 9.41. The summed E-state index contributed by atoms with van der Waals surface area (Å²) in [4.78, 5) is 16.2. The molecule has 1 aromatic carbocycles. The highest BCUT2D eigenvalue weighted by atomic mass is 32.1. The molecular weight excluding hydrogens is 382 g/mol. The lowest BCUT2D eigenvalue weighted by molar-refractivity contribution is 0.103. The van der Waals surface area contributed by atoms with Gasteiger partial charge in [0.1, 0.15) is 5.75 Å². The molecule has 0 amide bonds. The number of nitrogens with zero attached hydrogens (tertiary/aromatic N) is 1. The average molecular weight is 416 g/mol. The lowest BCUT2D eigenvalue weighted by Crippen LogP contribution is -2.38. The minimum atomic E-state index is -0.300. The summed E-state index contributed by atoms with van der Waals surface area (Å²) in [6, 6.07) is 8.33. The van der Waals surface area contributed by atoms with E-state index in [-0.39, 0.29) is 23.6 Å². The van der Waals surface area contributed by atoms with Crippen molar-refractivity contribution in [2.24, 2.45) is 0 Å². The van der Waals surface area contributed by atoms with E-state index in [4.69, 9.17) is 0 Å². The number of aliphatic hydroxyl groups excluding tert-OH is 1. The number of ketones is 1. The first-order valence-corrected chi connectivity index (χ1v) is 11.5. The van der Waals surface area contributed by atoms with Crippen molar-refractivity contribution in [2.45, 2.75) is 70.9 Å². The molecule has 3 rings (SSSR count). The van der Waals surface area contributed by atoms with Crippen LogP contribution in [0.5, 0.6) is 5.75 Å². The molecule has 0 aliphatic heterocycles. The highest BCUT2D eigenvalue weighted by Gasteiger charge is 2.28. The van der Waals surface area contributed by atoms with Crippen LogP contribution < -0.4 is 0 Å². The van der Waals surface area contributed by atoms with Gasteiger partial charge >= 0.3 is 0 Å². The molecule has 4 nitrogen and oxygen atoms in total. The fourth-order valence-corrected chi connectivity index (χ4v) is 5.48. The molecule has 1 aliphatic carbocycles. The number of carbonyl (C=O) groups is 1. The van der Waals surface area contributed by atoms with Crippen LogP contribution in [0.1, 0.15) is 79.2 Å². The molecule has 0 bridgehead atoms. The molecule has 1 aliphatic rings. The molecule has 1 saturated carbocycles. The van der Waals surface area contributed by atoms with Gasteiger partial charge in [0, 0.05) is 35.6 Å². The smallest absolute Gasteiger partial charge is 0.203 e.